The number of nitrogens with one attached hydrogen (secondary N) is 1. The van der Waals surface area contributed by atoms with Crippen molar-refractivity contribution in [3.8, 4) is 11.5 Å². The van der Waals surface area contributed by atoms with Gasteiger partial charge in [0.25, 0.3) is 5.91 Å². The van der Waals surface area contributed by atoms with Crippen LogP contribution in [-0.2, 0) is 18.3 Å². The van der Waals surface area contributed by atoms with Crippen LogP contribution in [0.2, 0.25) is 0 Å². The van der Waals surface area contributed by atoms with E-state index >= 15 is 0 Å². The summed E-state index contributed by atoms with van der Waals surface area (Å²) in [6, 6.07) is 5.39. The highest BCUT2D eigenvalue weighted by Gasteiger charge is 2.33. The topological polar surface area (TPSA) is 126 Å². The lowest BCUT2D eigenvalue weighted by Crippen LogP contribution is -2.21. The van der Waals surface area contributed by atoms with E-state index in [1.807, 2.05) is 0 Å². The van der Waals surface area contributed by atoms with Gasteiger partial charge < -0.3 is 19.9 Å². The van der Waals surface area contributed by atoms with Gasteiger partial charge in [0, 0.05) is 41.1 Å². The summed E-state index contributed by atoms with van der Waals surface area (Å²) in [5, 5.41) is 28.6. The van der Waals surface area contributed by atoms with Crippen molar-refractivity contribution in [2.75, 3.05) is 5.32 Å². The fourth-order valence-electron chi connectivity index (χ4n) is 3.65. The summed E-state index contributed by atoms with van der Waals surface area (Å²) >= 11 is 0. The molecule has 12 heteroatoms. The van der Waals surface area contributed by atoms with E-state index in [1.54, 1.807) is 50.7 Å². The summed E-state index contributed by atoms with van der Waals surface area (Å²) in [5.41, 5.74) is -2.17. The normalized spacial score (nSPS) is 12.8. The van der Waals surface area contributed by atoms with E-state index in [1.165, 1.54) is 6.07 Å². The van der Waals surface area contributed by atoms with Crippen LogP contribution in [0.4, 0.5) is 18.9 Å². The van der Waals surface area contributed by atoms with Gasteiger partial charge in [-0.05, 0) is 58.4 Å². The molecule has 9 nitrogen and oxygen atoms in total. The number of hydrogen-bond acceptors (Lipinski definition) is 7. The number of carbonyl (C=O) groups excluding carboxylic acids is 1. The number of halogens is 3. The Labute approximate surface area is 210 Å². The third-order valence-corrected chi connectivity index (χ3v) is 5.59. The molecule has 1 amide bonds. The molecule has 0 spiro atoms. The van der Waals surface area contributed by atoms with Crippen molar-refractivity contribution in [2.24, 2.45) is 0 Å². The lowest BCUT2D eigenvalue weighted by atomic mass is 9.95. The van der Waals surface area contributed by atoms with Crippen LogP contribution in [0.3, 0.4) is 0 Å². The van der Waals surface area contributed by atoms with Gasteiger partial charge in [-0.1, -0.05) is 0 Å². The van der Waals surface area contributed by atoms with Gasteiger partial charge >= 0.3 is 6.18 Å². The minimum Gasteiger partial charge on any atom is -0.444 e. The Hall–Kier alpha value is -3.77. The number of carbonyl (C=O) groups is 1. The minimum atomic E-state index is -4.64. The molecule has 3 aromatic heterocycles. The van der Waals surface area contributed by atoms with Gasteiger partial charge in [0.05, 0.1) is 16.7 Å². The zero-order valence-corrected chi connectivity index (χ0v) is 20.6. The van der Waals surface area contributed by atoms with Crippen molar-refractivity contribution in [2.45, 2.75) is 58.0 Å². The SMILES string of the molecule is CC(C)(O)CCn1cc2cc(NC(=O)c3coc(-c4ccnc(C(F)(F)F)c4)n3)c(C(C)(C)O)cc2n1. The number of pyridine rings is 1. The van der Waals surface area contributed by atoms with E-state index in [9.17, 15) is 28.2 Å². The Morgan fingerprint density at radius 3 is 2.51 bits per heavy atom. The second kappa shape index (κ2) is 9.27. The highest BCUT2D eigenvalue weighted by atomic mass is 19.4. The number of hydrogen-bond donors (Lipinski definition) is 3. The lowest BCUT2D eigenvalue weighted by molar-refractivity contribution is -0.141. The molecule has 0 aliphatic heterocycles. The third kappa shape index (κ3) is 6.15. The summed E-state index contributed by atoms with van der Waals surface area (Å²) in [5.74, 6) is -0.858. The lowest BCUT2D eigenvalue weighted by Gasteiger charge is -2.21. The van der Waals surface area contributed by atoms with E-state index in [-0.39, 0.29) is 17.1 Å². The number of aliphatic hydroxyl groups is 2. The predicted molar refractivity (Wildman–Crippen MR) is 129 cm³/mol. The van der Waals surface area contributed by atoms with Crippen LogP contribution >= 0.6 is 0 Å². The maximum absolute atomic E-state index is 13.0. The molecule has 4 aromatic rings. The third-order valence-electron chi connectivity index (χ3n) is 5.59. The van der Waals surface area contributed by atoms with Crippen LogP contribution in [0, 0.1) is 0 Å². The Balaban J connectivity index is 1.62. The zero-order valence-electron chi connectivity index (χ0n) is 20.6. The minimum absolute atomic E-state index is 0.0125. The number of aryl methyl sites for hydroxylation is 1. The van der Waals surface area contributed by atoms with Gasteiger partial charge in [0.1, 0.15) is 12.0 Å². The molecule has 0 aliphatic rings. The number of benzene rings is 1. The second-order valence-corrected chi connectivity index (χ2v) is 9.89. The Morgan fingerprint density at radius 2 is 1.86 bits per heavy atom. The first-order valence-corrected chi connectivity index (χ1v) is 11.4. The molecule has 0 unspecified atom stereocenters. The van der Waals surface area contributed by atoms with Crippen LogP contribution < -0.4 is 5.32 Å². The number of anilines is 1. The van der Waals surface area contributed by atoms with Gasteiger partial charge in [0.15, 0.2) is 5.69 Å². The molecule has 0 aliphatic carbocycles. The maximum atomic E-state index is 13.0. The molecule has 0 radical (unpaired) electrons. The highest BCUT2D eigenvalue weighted by molar-refractivity contribution is 6.04. The summed E-state index contributed by atoms with van der Waals surface area (Å²) in [4.78, 5) is 20.3. The number of rotatable bonds is 7. The fourth-order valence-corrected chi connectivity index (χ4v) is 3.65. The molecule has 0 saturated carbocycles. The van der Waals surface area contributed by atoms with Crippen LogP contribution in [0.5, 0.6) is 0 Å². The zero-order chi connectivity index (χ0) is 27.2. The summed E-state index contributed by atoms with van der Waals surface area (Å²) in [6.45, 7) is 6.99. The highest BCUT2D eigenvalue weighted by Crippen LogP contribution is 2.33. The van der Waals surface area contributed by atoms with Crippen LogP contribution in [0.15, 0.2) is 47.3 Å². The van der Waals surface area contributed by atoms with E-state index in [0.29, 0.717) is 35.1 Å². The van der Waals surface area contributed by atoms with Crippen LogP contribution in [0.25, 0.3) is 22.4 Å². The van der Waals surface area contributed by atoms with Crippen molar-refractivity contribution in [1.29, 1.82) is 0 Å². The van der Waals surface area contributed by atoms with Gasteiger partial charge in [-0.2, -0.15) is 18.3 Å². The van der Waals surface area contributed by atoms with Crippen molar-refractivity contribution in [3.05, 3.63) is 59.9 Å². The molecule has 3 heterocycles. The molecule has 1 aromatic carbocycles. The average molecular weight is 518 g/mol. The smallest absolute Gasteiger partial charge is 0.433 e. The molecule has 37 heavy (non-hydrogen) atoms. The van der Waals surface area contributed by atoms with Crippen LogP contribution in [-0.4, -0.2) is 41.5 Å². The molecular weight excluding hydrogens is 491 g/mol. The molecule has 0 atom stereocenters. The van der Waals surface area contributed by atoms with Gasteiger partial charge in [-0.3, -0.25) is 14.5 Å². The van der Waals surface area contributed by atoms with E-state index in [0.717, 1.165) is 18.5 Å². The summed E-state index contributed by atoms with van der Waals surface area (Å²) < 4.78 is 45.9. The van der Waals surface area contributed by atoms with Crippen molar-refractivity contribution >= 4 is 22.5 Å². The molecule has 3 N–H and O–H groups in total. The van der Waals surface area contributed by atoms with Crippen molar-refractivity contribution < 1.29 is 32.6 Å². The first-order valence-electron chi connectivity index (χ1n) is 11.4. The molecule has 0 saturated heterocycles. The fraction of sp³-hybridized carbons (Fsp3) is 0.360. The van der Waals surface area contributed by atoms with E-state index in [4.69, 9.17) is 4.42 Å². The molecule has 0 fully saturated rings. The standard InChI is InChI=1S/C25H26F3N5O4/c1-23(2,35)6-8-33-12-15-9-18(16(24(3,4)36)11-17(15)32-33)30-21(34)19-13-37-22(31-19)14-5-7-29-20(10-14)25(26,27)28/h5,7,9-13,35-36H,6,8H2,1-4H3,(H,30,34). The number of alkyl halides is 3. The molecular formula is C25H26F3N5O4. The monoisotopic (exact) mass is 517 g/mol. The first kappa shape index (κ1) is 26.3. The van der Waals surface area contributed by atoms with Gasteiger partial charge in [-0.15, -0.1) is 0 Å². The number of aromatic nitrogens is 4. The molecule has 196 valence electrons. The number of nitrogens with zero attached hydrogens (tertiary/aromatic N) is 4. The Kier molecular flexibility index (Phi) is 6.59. The predicted octanol–water partition coefficient (Wildman–Crippen LogP) is 4.75. The molecule has 0 bridgehead atoms. The Morgan fingerprint density at radius 1 is 1.14 bits per heavy atom. The largest absolute Gasteiger partial charge is 0.444 e. The van der Waals surface area contributed by atoms with Gasteiger partial charge in [0.2, 0.25) is 5.89 Å². The summed E-state index contributed by atoms with van der Waals surface area (Å²) in [7, 11) is 0. The van der Waals surface area contributed by atoms with E-state index in [2.05, 4.69) is 20.4 Å². The van der Waals surface area contributed by atoms with E-state index < -0.39 is 29.0 Å². The number of oxazole rings is 1. The second-order valence-electron chi connectivity index (χ2n) is 9.89. The Bertz CT molecular complexity index is 1450. The van der Waals surface area contributed by atoms with Crippen molar-refractivity contribution in [1.82, 2.24) is 19.7 Å². The molecule has 4 rings (SSSR count). The first-order chi connectivity index (χ1) is 17.1. The van der Waals surface area contributed by atoms with Crippen molar-refractivity contribution in [3.63, 3.8) is 0 Å². The number of fused-ring (bicyclic) bond motifs is 1. The van der Waals surface area contributed by atoms with Gasteiger partial charge in [-0.25, -0.2) is 4.98 Å². The quantitative estimate of drug-likeness (QED) is 0.323. The summed E-state index contributed by atoms with van der Waals surface area (Å²) in [6.07, 6.45) is -0.388. The average Bonchev–Trinajstić information content (AvgIpc) is 3.42. The maximum Gasteiger partial charge on any atom is 0.433 e. The van der Waals surface area contributed by atoms with Crippen LogP contribution in [0.1, 0.15) is 55.9 Å². The number of amides is 1.